The second-order valence-corrected chi connectivity index (χ2v) is 32.7. The molecule has 0 aromatic heterocycles. The van der Waals surface area contributed by atoms with Gasteiger partial charge in [-0.05, 0) is 37.5 Å². The Morgan fingerprint density at radius 2 is 0.465 bits per heavy atom. The molecule has 99 heavy (non-hydrogen) atoms. The average Bonchev–Trinajstić information content (AvgIpc) is 1.09. The molecule has 588 valence electrons. The van der Waals surface area contributed by atoms with Gasteiger partial charge in [0.1, 0.15) is 19.3 Å². The van der Waals surface area contributed by atoms with E-state index in [1.165, 1.54) is 238 Å². The van der Waals surface area contributed by atoms with E-state index in [0.29, 0.717) is 25.7 Å². The lowest BCUT2D eigenvalue weighted by Crippen LogP contribution is -2.30. The maximum atomic E-state index is 13.1. The summed E-state index contributed by atoms with van der Waals surface area (Å²) in [6.07, 6.45) is 60.9. The molecule has 0 spiro atoms. The summed E-state index contributed by atoms with van der Waals surface area (Å²) >= 11 is 0. The lowest BCUT2D eigenvalue weighted by molar-refractivity contribution is -0.161. The van der Waals surface area contributed by atoms with Gasteiger partial charge < -0.3 is 33.8 Å². The largest absolute Gasteiger partial charge is 0.472 e. The first-order chi connectivity index (χ1) is 47.9. The summed E-state index contributed by atoms with van der Waals surface area (Å²) < 4.78 is 68.7. The molecule has 17 nitrogen and oxygen atoms in total. The number of aliphatic hydroxyl groups excluding tert-OH is 1. The molecular formula is C80H156O17P2. The Hall–Kier alpha value is -1.94. The topological polar surface area (TPSA) is 237 Å². The van der Waals surface area contributed by atoms with Crippen LogP contribution in [0.25, 0.3) is 0 Å². The number of esters is 4. The minimum atomic E-state index is -4.96. The van der Waals surface area contributed by atoms with E-state index in [1.54, 1.807) is 0 Å². The molecule has 0 aromatic carbocycles. The third-order valence-corrected chi connectivity index (χ3v) is 20.6. The number of unbranched alkanes of at least 4 members (excludes halogenated alkanes) is 49. The highest BCUT2D eigenvalue weighted by atomic mass is 31.2. The van der Waals surface area contributed by atoms with Gasteiger partial charge in [-0.3, -0.25) is 37.3 Å². The van der Waals surface area contributed by atoms with Gasteiger partial charge in [-0.15, -0.1) is 0 Å². The summed E-state index contributed by atoms with van der Waals surface area (Å²) in [6.45, 7) is 9.65. The number of hydrogen-bond donors (Lipinski definition) is 3. The summed E-state index contributed by atoms with van der Waals surface area (Å²) in [6, 6.07) is 0. The molecule has 0 aromatic rings. The number of carbonyl (C=O) groups is 4. The van der Waals surface area contributed by atoms with Crippen LogP contribution in [0.5, 0.6) is 0 Å². The highest BCUT2D eigenvalue weighted by molar-refractivity contribution is 7.47. The second-order valence-electron chi connectivity index (χ2n) is 29.8. The number of hydrogen-bond acceptors (Lipinski definition) is 15. The van der Waals surface area contributed by atoms with Crippen LogP contribution >= 0.6 is 15.6 Å². The van der Waals surface area contributed by atoms with Gasteiger partial charge in [-0.1, -0.05) is 369 Å². The van der Waals surface area contributed by atoms with Gasteiger partial charge in [0.05, 0.1) is 26.4 Å². The average molecular weight is 1450 g/mol. The number of phosphoric ester groups is 2. The van der Waals surface area contributed by atoms with Crippen molar-refractivity contribution >= 4 is 39.5 Å². The lowest BCUT2D eigenvalue weighted by Gasteiger charge is -2.21. The molecule has 2 unspecified atom stereocenters. The van der Waals surface area contributed by atoms with Crippen molar-refractivity contribution in [2.45, 2.75) is 439 Å². The molecule has 0 rings (SSSR count). The molecule has 0 bridgehead atoms. The van der Waals surface area contributed by atoms with Gasteiger partial charge in [0, 0.05) is 25.7 Å². The van der Waals surface area contributed by atoms with Crippen LogP contribution in [-0.4, -0.2) is 96.7 Å². The second kappa shape index (κ2) is 71.7. The standard InChI is InChI=1S/C80H156O17P2/c1-7-9-11-13-15-17-19-21-22-23-24-26-34-40-46-52-58-64-79(84)96-75(68-91-78(83)63-57-51-45-39-33-28-27-30-36-42-48-54-60-72(3)4)70-94-98(86,87)92-66-74(81)67-93-99(88,89)95-71-76(69-90-77(82)62-56-50-44-38-32-25-20-18-16-14-12-10-8-2)97-80(85)65-59-53-47-41-35-29-31-37-43-49-55-61-73(5)6/h72-76,81H,7-71H2,1-6H3,(H,86,87)(H,88,89)/t74-,75-,76-/m1/s1. The molecule has 19 heteroatoms. The fourth-order valence-electron chi connectivity index (χ4n) is 12.4. The van der Waals surface area contributed by atoms with Crippen LogP contribution in [-0.2, 0) is 65.4 Å². The van der Waals surface area contributed by atoms with Crippen molar-refractivity contribution in [3.05, 3.63) is 0 Å². The molecule has 3 N–H and O–H groups in total. The van der Waals surface area contributed by atoms with E-state index in [9.17, 15) is 43.2 Å². The van der Waals surface area contributed by atoms with Crippen molar-refractivity contribution in [2.75, 3.05) is 39.6 Å². The van der Waals surface area contributed by atoms with Crippen molar-refractivity contribution in [3.63, 3.8) is 0 Å². The highest BCUT2D eigenvalue weighted by Gasteiger charge is 2.30. The van der Waals surface area contributed by atoms with Gasteiger partial charge in [-0.25, -0.2) is 9.13 Å². The zero-order valence-corrected chi connectivity index (χ0v) is 66.6. The van der Waals surface area contributed by atoms with Crippen LogP contribution < -0.4 is 0 Å². The van der Waals surface area contributed by atoms with E-state index in [4.69, 9.17) is 37.0 Å². The molecule has 0 amide bonds. The number of carbonyl (C=O) groups excluding carboxylic acids is 4. The maximum Gasteiger partial charge on any atom is 0.472 e. The maximum absolute atomic E-state index is 13.1. The van der Waals surface area contributed by atoms with Gasteiger partial charge in [0.2, 0.25) is 0 Å². The minimum Gasteiger partial charge on any atom is -0.462 e. The van der Waals surface area contributed by atoms with Crippen LogP contribution in [0.3, 0.4) is 0 Å². The summed E-state index contributed by atoms with van der Waals surface area (Å²) in [5.41, 5.74) is 0. The predicted octanol–water partition coefficient (Wildman–Crippen LogP) is 23.9. The minimum absolute atomic E-state index is 0.107. The molecule has 0 radical (unpaired) electrons. The normalized spacial score (nSPS) is 13.9. The molecule has 0 saturated carbocycles. The Kier molecular flexibility index (Phi) is 70.3. The number of phosphoric acid groups is 2. The first-order valence-corrected chi connectivity index (χ1v) is 44.5. The number of ether oxygens (including phenoxy) is 4. The quantitative estimate of drug-likeness (QED) is 0.0222. The van der Waals surface area contributed by atoms with E-state index in [-0.39, 0.29) is 25.7 Å². The Bertz CT molecular complexity index is 1910. The highest BCUT2D eigenvalue weighted by Crippen LogP contribution is 2.45. The summed E-state index contributed by atoms with van der Waals surface area (Å²) in [4.78, 5) is 73.0. The molecule has 0 aliphatic rings. The fourth-order valence-corrected chi connectivity index (χ4v) is 13.9. The zero-order chi connectivity index (χ0) is 72.8. The smallest absolute Gasteiger partial charge is 0.462 e. The predicted molar refractivity (Wildman–Crippen MR) is 405 cm³/mol. The Morgan fingerprint density at radius 1 is 0.273 bits per heavy atom. The van der Waals surface area contributed by atoms with Crippen molar-refractivity contribution in [3.8, 4) is 0 Å². The van der Waals surface area contributed by atoms with Gasteiger partial charge in [0.15, 0.2) is 12.2 Å². The van der Waals surface area contributed by atoms with Crippen LogP contribution in [0.1, 0.15) is 420 Å². The lowest BCUT2D eigenvalue weighted by atomic mass is 10.0. The van der Waals surface area contributed by atoms with Crippen LogP contribution in [0, 0.1) is 11.8 Å². The first-order valence-electron chi connectivity index (χ1n) is 41.5. The van der Waals surface area contributed by atoms with Crippen molar-refractivity contribution in [1.82, 2.24) is 0 Å². The molecule has 5 atom stereocenters. The van der Waals surface area contributed by atoms with E-state index >= 15 is 0 Å². The third kappa shape index (κ3) is 74.1. The summed E-state index contributed by atoms with van der Waals surface area (Å²) in [5.74, 6) is -0.560. The van der Waals surface area contributed by atoms with E-state index < -0.39 is 97.5 Å². The number of rotatable bonds is 79. The molecule has 0 fully saturated rings. The fraction of sp³-hybridized carbons (Fsp3) is 0.950. The van der Waals surface area contributed by atoms with Crippen molar-refractivity contribution < 1.29 is 80.2 Å². The molecule has 0 saturated heterocycles. The molecule has 0 heterocycles. The van der Waals surface area contributed by atoms with Crippen LogP contribution in [0.4, 0.5) is 0 Å². The van der Waals surface area contributed by atoms with E-state index in [1.807, 2.05) is 0 Å². The van der Waals surface area contributed by atoms with Crippen molar-refractivity contribution in [2.24, 2.45) is 11.8 Å². The molecular weight excluding hydrogens is 1290 g/mol. The van der Waals surface area contributed by atoms with E-state index in [2.05, 4.69) is 41.5 Å². The summed E-state index contributed by atoms with van der Waals surface area (Å²) in [7, 11) is -9.92. The zero-order valence-electron chi connectivity index (χ0n) is 64.8. The third-order valence-electron chi connectivity index (χ3n) is 18.7. The molecule has 0 aliphatic carbocycles. The number of aliphatic hydroxyl groups is 1. The van der Waals surface area contributed by atoms with Crippen LogP contribution in [0.2, 0.25) is 0 Å². The Morgan fingerprint density at radius 3 is 0.687 bits per heavy atom. The SMILES string of the molecule is CCCCCCCCCCCCCCCCCCCC(=O)O[C@H](COC(=O)CCCCCCCCCCCCCCC(C)C)COP(=O)(O)OC[C@@H](O)COP(=O)(O)OC[C@@H](COC(=O)CCCCCCCCCCCCCCC)OC(=O)CCCCCCCCCCCCCC(C)C. The van der Waals surface area contributed by atoms with E-state index in [0.717, 1.165) is 102 Å². The van der Waals surface area contributed by atoms with Crippen LogP contribution in [0.15, 0.2) is 0 Å². The van der Waals surface area contributed by atoms with Gasteiger partial charge in [-0.2, -0.15) is 0 Å². The first kappa shape index (κ1) is 97.1. The molecule has 0 aliphatic heterocycles. The monoisotopic (exact) mass is 1450 g/mol. The Balaban J connectivity index is 5.27. The van der Waals surface area contributed by atoms with Crippen molar-refractivity contribution in [1.29, 1.82) is 0 Å². The summed E-state index contributed by atoms with van der Waals surface area (Å²) in [5, 5.41) is 10.6. The Labute approximate surface area is 607 Å². The van der Waals surface area contributed by atoms with Gasteiger partial charge >= 0.3 is 39.5 Å². The van der Waals surface area contributed by atoms with Gasteiger partial charge in [0.25, 0.3) is 0 Å².